The highest BCUT2D eigenvalue weighted by Gasteiger charge is 2.23. The first-order chi connectivity index (χ1) is 7.51. The zero-order valence-electron chi connectivity index (χ0n) is 8.13. The lowest BCUT2D eigenvalue weighted by Gasteiger charge is -2.02. The summed E-state index contributed by atoms with van der Waals surface area (Å²) in [6.07, 6.45) is 0. The average Bonchev–Trinajstić information content (AvgIpc) is 2.27. The van der Waals surface area contributed by atoms with Crippen molar-refractivity contribution < 1.29 is 19.6 Å². The Balaban J connectivity index is 3.49. The van der Waals surface area contributed by atoms with Gasteiger partial charge in [0.25, 0.3) is 5.69 Å². The van der Waals surface area contributed by atoms with Gasteiger partial charge in [0.15, 0.2) is 0 Å². The first-order valence-electron chi connectivity index (χ1n) is 4.01. The largest absolute Gasteiger partial charge is 0.507 e. The number of methoxy groups -OCH3 is 1. The molecule has 0 bridgehead atoms. The van der Waals surface area contributed by atoms with E-state index in [9.17, 15) is 20.0 Å². The number of nitriles is 1. The number of nitro groups is 1. The molecule has 0 aliphatic carbocycles. The highest BCUT2D eigenvalue weighted by atomic mass is 16.6. The van der Waals surface area contributed by atoms with Gasteiger partial charge in [0.2, 0.25) is 0 Å². The summed E-state index contributed by atoms with van der Waals surface area (Å²) in [7, 11) is 1.06. The van der Waals surface area contributed by atoms with Crippen molar-refractivity contribution in [1.82, 2.24) is 0 Å². The predicted octanol–water partition coefficient (Wildman–Crippen LogP) is 0.959. The molecule has 0 saturated heterocycles. The molecule has 0 spiro atoms. The summed E-state index contributed by atoms with van der Waals surface area (Å²) in [5.41, 5.74) is -1.26. The van der Waals surface area contributed by atoms with Crippen molar-refractivity contribution in [2.24, 2.45) is 0 Å². The molecule has 0 aliphatic heterocycles. The summed E-state index contributed by atoms with van der Waals surface area (Å²) >= 11 is 0. The summed E-state index contributed by atoms with van der Waals surface area (Å²) < 4.78 is 4.32. The molecule has 1 aromatic carbocycles. The van der Waals surface area contributed by atoms with Crippen LogP contribution in [0.25, 0.3) is 0 Å². The topological polar surface area (TPSA) is 113 Å². The van der Waals surface area contributed by atoms with Gasteiger partial charge in [-0.05, 0) is 0 Å². The molecule has 0 atom stereocenters. The number of nitrogens with zero attached hydrogens (tertiary/aromatic N) is 2. The maximum atomic E-state index is 11.2. The second-order valence-corrected chi connectivity index (χ2v) is 2.75. The molecule has 7 nitrogen and oxygen atoms in total. The van der Waals surface area contributed by atoms with Gasteiger partial charge in [-0.15, -0.1) is 0 Å². The zero-order valence-corrected chi connectivity index (χ0v) is 8.13. The molecule has 0 radical (unpaired) electrons. The van der Waals surface area contributed by atoms with E-state index in [4.69, 9.17) is 5.26 Å². The molecule has 1 rings (SSSR count). The van der Waals surface area contributed by atoms with Crippen LogP contribution < -0.4 is 0 Å². The van der Waals surface area contributed by atoms with Crippen LogP contribution >= 0.6 is 0 Å². The Hall–Kier alpha value is -2.62. The van der Waals surface area contributed by atoms with Gasteiger partial charge in [0.05, 0.1) is 12.0 Å². The molecule has 0 heterocycles. The van der Waals surface area contributed by atoms with Gasteiger partial charge in [0.1, 0.15) is 22.9 Å². The number of carbonyl (C=O) groups excluding carboxylic acids is 1. The van der Waals surface area contributed by atoms with Gasteiger partial charge in [-0.1, -0.05) is 0 Å². The maximum Gasteiger partial charge on any atom is 0.345 e. The molecule has 1 N–H and O–H groups in total. The van der Waals surface area contributed by atoms with E-state index in [0.717, 1.165) is 19.2 Å². The standard InChI is InChI=1S/C9H6N2O5/c1-16-9(13)6-3-8(12)5(4-10)2-7(6)11(14)15/h2-3,12H,1H3. The van der Waals surface area contributed by atoms with E-state index in [2.05, 4.69) is 4.74 Å². The van der Waals surface area contributed by atoms with Crippen LogP contribution in [0.5, 0.6) is 5.75 Å². The van der Waals surface area contributed by atoms with Gasteiger partial charge in [-0.3, -0.25) is 10.1 Å². The Kier molecular flexibility index (Phi) is 3.06. The lowest BCUT2D eigenvalue weighted by Crippen LogP contribution is -2.06. The number of rotatable bonds is 2. The SMILES string of the molecule is COC(=O)c1cc(O)c(C#N)cc1[N+](=O)[O-]. The minimum absolute atomic E-state index is 0.278. The number of aromatic hydroxyl groups is 1. The Bertz CT molecular complexity index is 503. The molecule has 0 saturated carbocycles. The summed E-state index contributed by atoms with van der Waals surface area (Å²) in [5, 5.41) is 28.5. The smallest absolute Gasteiger partial charge is 0.345 e. The predicted molar refractivity (Wildman–Crippen MR) is 50.8 cm³/mol. The van der Waals surface area contributed by atoms with Gasteiger partial charge in [-0.2, -0.15) is 5.26 Å². The molecule has 7 heteroatoms. The van der Waals surface area contributed by atoms with Crippen LogP contribution in [0.15, 0.2) is 12.1 Å². The van der Waals surface area contributed by atoms with E-state index in [1.54, 1.807) is 6.07 Å². The highest BCUT2D eigenvalue weighted by molar-refractivity contribution is 5.94. The van der Waals surface area contributed by atoms with Gasteiger partial charge >= 0.3 is 5.97 Å². The van der Waals surface area contributed by atoms with Crippen molar-refractivity contribution in [3.8, 4) is 11.8 Å². The molecule has 1 aromatic rings. The lowest BCUT2D eigenvalue weighted by atomic mass is 10.1. The van der Waals surface area contributed by atoms with E-state index in [1.165, 1.54) is 0 Å². The number of phenolic OH excluding ortho intramolecular Hbond substituents is 1. The molecular formula is C9H6N2O5. The van der Waals surface area contributed by atoms with Gasteiger partial charge in [-0.25, -0.2) is 4.79 Å². The minimum Gasteiger partial charge on any atom is -0.507 e. The Morgan fingerprint density at radius 3 is 2.69 bits per heavy atom. The Labute approximate surface area is 89.6 Å². The maximum absolute atomic E-state index is 11.2. The molecular weight excluding hydrogens is 216 g/mol. The summed E-state index contributed by atoms with van der Waals surface area (Å²) in [4.78, 5) is 21.0. The molecule has 0 aromatic heterocycles. The van der Waals surface area contributed by atoms with Crippen LogP contribution in [0.1, 0.15) is 15.9 Å². The van der Waals surface area contributed by atoms with Crippen molar-refractivity contribution >= 4 is 11.7 Å². The highest BCUT2D eigenvalue weighted by Crippen LogP contribution is 2.27. The fourth-order valence-electron chi connectivity index (χ4n) is 1.09. The van der Waals surface area contributed by atoms with Crippen LogP contribution in [0.2, 0.25) is 0 Å². The number of phenols is 1. The van der Waals surface area contributed by atoms with Crippen LogP contribution in [0.4, 0.5) is 5.69 Å². The molecule has 16 heavy (non-hydrogen) atoms. The van der Waals surface area contributed by atoms with E-state index in [0.29, 0.717) is 0 Å². The van der Waals surface area contributed by atoms with Gasteiger partial charge in [0, 0.05) is 12.1 Å². The van der Waals surface area contributed by atoms with E-state index >= 15 is 0 Å². The van der Waals surface area contributed by atoms with Crippen molar-refractivity contribution in [3.63, 3.8) is 0 Å². The third kappa shape index (κ3) is 1.90. The van der Waals surface area contributed by atoms with Crippen molar-refractivity contribution in [2.75, 3.05) is 7.11 Å². The first kappa shape index (κ1) is 11.5. The second-order valence-electron chi connectivity index (χ2n) is 2.75. The molecule has 0 unspecified atom stereocenters. The Morgan fingerprint density at radius 1 is 1.62 bits per heavy atom. The fourth-order valence-corrected chi connectivity index (χ4v) is 1.09. The van der Waals surface area contributed by atoms with Crippen molar-refractivity contribution in [2.45, 2.75) is 0 Å². The van der Waals surface area contributed by atoms with Crippen LogP contribution in [0.3, 0.4) is 0 Å². The summed E-state index contributed by atoms with van der Waals surface area (Å²) in [6, 6.07) is 3.22. The minimum atomic E-state index is -0.952. The number of esters is 1. The fraction of sp³-hybridized carbons (Fsp3) is 0.111. The molecule has 0 aliphatic rings. The summed E-state index contributed by atoms with van der Waals surface area (Å²) in [5.74, 6) is -1.46. The van der Waals surface area contributed by atoms with Crippen LogP contribution in [-0.2, 0) is 4.74 Å². The van der Waals surface area contributed by atoms with Crippen molar-refractivity contribution in [3.05, 3.63) is 33.4 Å². The number of benzene rings is 1. The summed E-state index contributed by atoms with van der Waals surface area (Å²) in [6.45, 7) is 0. The normalized spacial score (nSPS) is 9.25. The molecule has 0 amide bonds. The average molecular weight is 222 g/mol. The Morgan fingerprint density at radius 2 is 2.25 bits per heavy atom. The third-order valence-electron chi connectivity index (χ3n) is 1.84. The quantitative estimate of drug-likeness (QED) is 0.452. The van der Waals surface area contributed by atoms with E-state index in [1.807, 2.05) is 0 Å². The number of nitro benzene ring substituents is 1. The van der Waals surface area contributed by atoms with Gasteiger partial charge < -0.3 is 9.84 Å². The third-order valence-corrected chi connectivity index (χ3v) is 1.84. The van der Waals surface area contributed by atoms with Crippen LogP contribution in [0, 0.1) is 21.4 Å². The first-order valence-corrected chi connectivity index (χ1v) is 4.01. The number of ether oxygens (including phenoxy) is 1. The number of carbonyl (C=O) groups is 1. The van der Waals surface area contributed by atoms with E-state index < -0.39 is 27.9 Å². The number of hydrogen-bond donors (Lipinski definition) is 1. The van der Waals surface area contributed by atoms with Crippen molar-refractivity contribution in [1.29, 1.82) is 5.26 Å². The number of hydrogen-bond acceptors (Lipinski definition) is 6. The lowest BCUT2D eigenvalue weighted by molar-refractivity contribution is -0.385. The van der Waals surface area contributed by atoms with E-state index in [-0.39, 0.29) is 5.56 Å². The second kappa shape index (κ2) is 4.27. The monoisotopic (exact) mass is 222 g/mol. The molecule has 82 valence electrons. The van der Waals surface area contributed by atoms with Crippen LogP contribution in [-0.4, -0.2) is 23.1 Å². The zero-order chi connectivity index (χ0) is 12.3. The molecule has 0 fully saturated rings.